The second-order valence-corrected chi connectivity index (χ2v) is 13.0. The number of ether oxygens (including phenoxy) is 4. The van der Waals surface area contributed by atoms with E-state index in [2.05, 4.69) is 31.9 Å². The summed E-state index contributed by atoms with van der Waals surface area (Å²) in [4.78, 5) is 10.1. The van der Waals surface area contributed by atoms with Gasteiger partial charge in [0.1, 0.15) is 35.7 Å². The maximum Gasteiger partial charge on any atom is 0.119 e. The van der Waals surface area contributed by atoms with Crippen LogP contribution in [0, 0.1) is 0 Å². The minimum absolute atomic E-state index is 0.188. The van der Waals surface area contributed by atoms with Gasteiger partial charge in [0.2, 0.25) is 0 Å². The number of aromatic nitrogens is 2. The summed E-state index contributed by atoms with van der Waals surface area (Å²) < 4.78 is 25.0. The monoisotopic (exact) mass is 670 g/mol. The van der Waals surface area contributed by atoms with E-state index in [4.69, 9.17) is 28.9 Å². The first-order chi connectivity index (χ1) is 18.9. The fourth-order valence-electron chi connectivity index (χ4n) is 3.91. The van der Waals surface area contributed by atoms with Gasteiger partial charge in [-0.15, -0.1) is 0 Å². The first-order valence-electron chi connectivity index (χ1n) is 13.3. The zero-order valence-electron chi connectivity index (χ0n) is 23.9. The molecule has 0 aliphatic rings. The molecule has 6 nitrogen and oxygen atoms in total. The molecule has 0 atom stereocenters. The molecule has 0 saturated carbocycles. The topological polar surface area (TPSA) is 62.7 Å². The summed E-state index contributed by atoms with van der Waals surface area (Å²) in [6.07, 6.45) is 0. The molecule has 0 N–H and O–H groups in total. The summed E-state index contributed by atoms with van der Waals surface area (Å²) >= 11 is 7.30. The number of nitrogens with zero attached hydrogens (tertiary/aromatic N) is 2. The van der Waals surface area contributed by atoms with Gasteiger partial charge in [0.15, 0.2) is 0 Å². The van der Waals surface area contributed by atoms with E-state index < -0.39 is 0 Å². The molecular weight excluding hydrogens is 636 g/mol. The molecule has 0 fully saturated rings. The molecule has 0 radical (unpaired) electrons. The van der Waals surface area contributed by atoms with Crippen molar-refractivity contribution in [3.05, 3.63) is 69.6 Å². The second kappa shape index (κ2) is 13.0. The van der Waals surface area contributed by atoms with Gasteiger partial charge >= 0.3 is 0 Å². The first kappa shape index (κ1) is 30.4. The van der Waals surface area contributed by atoms with Crippen LogP contribution in [0.1, 0.15) is 41.5 Å². The number of benzene rings is 3. The number of hydrogen-bond donors (Lipinski definition) is 0. The van der Waals surface area contributed by atoms with Crippen LogP contribution in [0.4, 0.5) is 0 Å². The van der Waals surface area contributed by atoms with Crippen LogP contribution in [0.25, 0.3) is 33.5 Å². The average molecular weight is 672 g/mol. The van der Waals surface area contributed by atoms with Crippen LogP contribution in [-0.2, 0) is 9.47 Å². The summed E-state index contributed by atoms with van der Waals surface area (Å²) in [6.45, 7) is 14.2. The highest BCUT2D eigenvalue weighted by Gasteiger charge is 2.17. The van der Waals surface area contributed by atoms with Crippen molar-refractivity contribution in [1.82, 2.24) is 9.97 Å². The molecule has 1 heterocycles. The Kier molecular flexibility index (Phi) is 9.88. The quantitative estimate of drug-likeness (QED) is 0.157. The van der Waals surface area contributed by atoms with Crippen molar-refractivity contribution >= 4 is 42.9 Å². The number of rotatable bonds is 10. The highest BCUT2D eigenvalue weighted by atomic mass is 79.9. The predicted octanol–water partition coefficient (Wildman–Crippen LogP) is 8.88. The molecular formula is C32H36Br2N2O4. The minimum atomic E-state index is -0.188. The van der Waals surface area contributed by atoms with E-state index in [1.54, 1.807) is 0 Å². The third-order valence-corrected chi connectivity index (χ3v) is 7.03. The Hall–Kier alpha value is -2.52. The second-order valence-electron chi connectivity index (χ2n) is 11.3. The molecule has 0 amide bonds. The maximum absolute atomic E-state index is 5.89. The lowest BCUT2D eigenvalue weighted by Crippen LogP contribution is -2.22. The summed E-state index contributed by atoms with van der Waals surface area (Å²) in [6, 6.07) is 19.8. The van der Waals surface area contributed by atoms with Crippen LogP contribution in [0.3, 0.4) is 0 Å². The summed E-state index contributed by atoms with van der Waals surface area (Å²) in [5, 5.41) is 0. The number of halogens is 2. The van der Waals surface area contributed by atoms with Crippen LogP contribution >= 0.6 is 31.9 Å². The fourth-order valence-corrected chi connectivity index (χ4v) is 4.73. The Morgan fingerprint density at radius 2 is 0.875 bits per heavy atom. The molecule has 0 aliphatic heterocycles. The van der Waals surface area contributed by atoms with Gasteiger partial charge < -0.3 is 18.9 Å². The van der Waals surface area contributed by atoms with E-state index in [9.17, 15) is 0 Å². The van der Waals surface area contributed by atoms with Gasteiger partial charge in [0.05, 0.1) is 35.8 Å². The van der Waals surface area contributed by atoms with E-state index in [0.717, 1.165) is 54.0 Å². The summed E-state index contributed by atoms with van der Waals surface area (Å²) in [7, 11) is 0. The van der Waals surface area contributed by atoms with Crippen molar-refractivity contribution in [1.29, 1.82) is 0 Å². The number of hydrogen-bond acceptors (Lipinski definition) is 6. The minimum Gasteiger partial charge on any atom is -0.491 e. The third-order valence-electron chi connectivity index (χ3n) is 5.75. The van der Waals surface area contributed by atoms with Gasteiger partial charge in [-0.3, -0.25) is 0 Å². The molecule has 212 valence electrons. The van der Waals surface area contributed by atoms with E-state index in [1.165, 1.54) is 0 Å². The van der Waals surface area contributed by atoms with Crippen LogP contribution < -0.4 is 9.47 Å². The zero-order chi connectivity index (χ0) is 28.9. The molecule has 4 aromatic rings. The van der Waals surface area contributed by atoms with Gasteiger partial charge in [-0.05, 0) is 134 Å². The smallest absolute Gasteiger partial charge is 0.119 e. The highest BCUT2D eigenvalue weighted by Crippen LogP contribution is 2.36. The van der Waals surface area contributed by atoms with Crippen molar-refractivity contribution in [3.8, 4) is 34.0 Å². The largest absolute Gasteiger partial charge is 0.491 e. The van der Waals surface area contributed by atoms with Gasteiger partial charge in [0.25, 0.3) is 0 Å². The molecule has 0 aliphatic carbocycles. The van der Waals surface area contributed by atoms with Crippen molar-refractivity contribution in [3.63, 3.8) is 0 Å². The van der Waals surface area contributed by atoms with Gasteiger partial charge in [-0.25, -0.2) is 9.97 Å². The Morgan fingerprint density at radius 3 is 1.20 bits per heavy atom. The van der Waals surface area contributed by atoms with Gasteiger partial charge in [-0.2, -0.15) is 0 Å². The molecule has 4 rings (SSSR count). The molecule has 8 heteroatoms. The normalized spacial score (nSPS) is 12.1. The van der Waals surface area contributed by atoms with E-state index in [0.29, 0.717) is 26.4 Å². The molecule has 0 unspecified atom stereocenters. The van der Waals surface area contributed by atoms with E-state index in [-0.39, 0.29) is 11.2 Å². The lowest BCUT2D eigenvalue weighted by atomic mass is 10.0. The van der Waals surface area contributed by atoms with Crippen molar-refractivity contribution in [2.45, 2.75) is 52.7 Å². The summed E-state index contributed by atoms with van der Waals surface area (Å²) in [5.74, 6) is 1.55. The third kappa shape index (κ3) is 8.49. The van der Waals surface area contributed by atoms with Gasteiger partial charge in [-0.1, -0.05) is 0 Å². The zero-order valence-corrected chi connectivity index (χ0v) is 27.1. The fraction of sp³-hybridized carbons (Fsp3) is 0.375. The van der Waals surface area contributed by atoms with Crippen molar-refractivity contribution in [2.75, 3.05) is 26.4 Å². The molecule has 0 bridgehead atoms. The highest BCUT2D eigenvalue weighted by molar-refractivity contribution is 9.11. The molecule has 1 aromatic heterocycles. The SMILES string of the molecule is CC(C)(C)OCCOc1ccc(-c2nc3c(Br)ccc(Br)c3nc2-c2ccc(OCCOC(C)(C)C)cc2)cc1. The lowest BCUT2D eigenvalue weighted by molar-refractivity contribution is -0.0165. The molecule has 3 aromatic carbocycles. The average Bonchev–Trinajstić information content (AvgIpc) is 2.90. The standard InChI is InChI=1S/C32H36Br2N2O4/c1-31(2,3)39-19-17-37-23-11-7-21(8-12-23)27-28(36-30-26(34)16-15-25(33)29(30)35-27)22-9-13-24(14-10-22)38-18-20-40-32(4,5)6/h7-16H,17-20H2,1-6H3. The van der Waals surface area contributed by atoms with E-state index in [1.807, 2.05) is 102 Å². The predicted molar refractivity (Wildman–Crippen MR) is 168 cm³/mol. The van der Waals surface area contributed by atoms with Crippen LogP contribution in [0.5, 0.6) is 11.5 Å². The van der Waals surface area contributed by atoms with E-state index >= 15 is 0 Å². The van der Waals surface area contributed by atoms with Crippen molar-refractivity contribution < 1.29 is 18.9 Å². The van der Waals surface area contributed by atoms with Crippen LogP contribution in [0.15, 0.2) is 69.6 Å². The van der Waals surface area contributed by atoms with Gasteiger partial charge in [0, 0.05) is 20.1 Å². The first-order valence-corrected chi connectivity index (χ1v) is 14.9. The molecule has 0 spiro atoms. The van der Waals surface area contributed by atoms with Crippen LogP contribution in [0.2, 0.25) is 0 Å². The van der Waals surface area contributed by atoms with Crippen LogP contribution in [-0.4, -0.2) is 47.6 Å². The van der Waals surface area contributed by atoms with Crippen molar-refractivity contribution in [2.24, 2.45) is 0 Å². The number of fused-ring (bicyclic) bond motifs is 1. The molecule has 0 saturated heterocycles. The Morgan fingerprint density at radius 1 is 0.525 bits per heavy atom. The Bertz CT molecular complexity index is 1320. The maximum atomic E-state index is 5.89. The molecule has 40 heavy (non-hydrogen) atoms. The lowest BCUT2D eigenvalue weighted by Gasteiger charge is -2.19. The Labute approximate surface area is 253 Å². The summed E-state index contributed by atoms with van der Waals surface area (Å²) in [5.41, 5.74) is 4.63. The Balaban J connectivity index is 1.60.